The Morgan fingerprint density at radius 1 is 1.11 bits per heavy atom. The van der Waals surface area contributed by atoms with Gasteiger partial charge in [-0.2, -0.15) is 0 Å². The van der Waals surface area contributed by atoms with Gasteiger partial charge >= 0.3 is 6.09 Å². The van der Waals surface area contributed by atoms with Gasteiger partial charge < -0.3 is 20.1 Å². The van der Waals surface area contributed by atoms with Crippen molar-refractivity contribution in [2.75, 3.05) is 13.6 Å². The maximum atomic E-state index is 13.3. The maximum absolute atomic E-state index is 13.3. The fourth-order valence-corrected chi connectivity index (χ4v) is 4.74. The van der Waals surface area contributed by atoms with Crippen LogP contribution in [0.15, 0.2) is 66.7 Å². The Balaban J connectivity index is 1.50. The fourth-order valence-electron chi connectivity index (χ4n) is 4.74. The van der Waals surface area contributed by atoms with Crippen LogP contribution in [-0.4, -0.2) is 51.4 Å². The monoisotopic (exact) mass is 488 g/mol. The molecule has 8 heteroatoms. The van der Waals surface area contributed by atoms with E-state index in [2.05, 4.69) is 15.5 Å². The molecule has 188 valence electrons. The van der Waals surface area contributed by atoms with Crippen LogP contribution in [0, 0.1) is 0 Å². The molecule has 0 spiro atoms. The van der Waals surface area contributed by atoms with E-state index in [9.17, 15) is 14.7 Å². The van der Waals surface area contributed by atoms with Gasteiger partial charge in [-0.05, 0) is 44.0 Å². The highest BCUT2D eigenvalue weighted by atomic mass is 16.6. The predicted octanol–water partition coefficient (Wildman–Crippen LogP) is 4.46. The predicted molar refractivity (Wildman–Crippen MR) is 136 cm³/mol. The summed E-state index contributed by atoms with van der Waals surface area (Å²) < 4.78 is 6.10. The van der Waals surface area contributed by atoms with E-state index < -0.39 is 17.3 Å². The first-order valence-corrected chi connectivity index (χ1v) is 12.1. The minimum Gasteiger partial charge on any atom is -0.438 e. The number of ether oxygens (including phenoxy) is 1. The van der Waals surface area contributed by atoms with E-state index in [4.69, 9.17) is 4.74 Å². The molecular weight excluding hydrogens is 456 g/mol. The molecular formula is C28H32N4O4. The third kappa shape index (κ3) is 5.39. The number of nitrogens with zero attached hydrogens (tertiary/aromatic N) is 3. The fraction of sp³-hybridized carbons (Fsp3) is 0.357. The number of hydrogen-bond donors (Lipinski definition) is 2. The van der Waals surface area contributed by atoms with E-state index in [1.807, 2.05) is 61.5 Å². The van der Waals surface area contributed by atoms with Crippen molar-refractivity contribution in [3.8, 4) is 11.3 Å². The Kier molecular flexibility index (Phi) is 7.08. The van der Waals surface area contributed by atoms with Gasteiger partial charge in [0.25, 0.3) is 5.91 Å². The molecule has 1 aliphatic rings. The lowest BCUT2D eigenvalue weighted by molar-refractivity contribution is -0.101. The Morgan fingerprint density at radius 2 is 1.81 bits per heavy atom. The van der Waals surface area contributed by atoms with Gasteiger partial charge in [0.05, 0.1) is 17.3 Å². The summed E-state index contributed by atoms with van der Waals surface area (Å²) in [7, 11) is 1.55. The minimum atomic E-state index is -0.999. The van der Waals surface area contributed by atoms with Crippen molar-refractivity contribution >= 4 is 12.0 Å². The number of amides is 2. The summed E-state index contributed by atoms with van der Waals surface area (Å²) in [6, 6.07) is 20.6. The molecule has 2 N–H and O–H groups in total. The highest BCUT2D eigenvalue weighted by molar-refractivity contribution is 5.92. The zero-order chi connectivity index (χ0) is 25.9. The number of hydrogen-bond acceptors (Lipinski definition) is 6. The van der Waals surface area contributed by atoms with Crippen LogP contribution < -0.4 is 5.32 Å². The molecule has 0 saturated carbocycles. The summed E-state index contributed by atoms with van der Waals surface area (Å²) in [5, 5.41) is 21.2. The quantitative estimate of drug-likeness (QED) is 0.509. The van der Waals surface area contributed by atoms with Crippen molar-refractivity contribution in [3.05, 3.63) is 83.6 Å². The molecule has 36 heavy (non-hydrogen) atoms. The van der Waals surface area contributed by atoms with E-state index in [-0.39, 0.29) is 17.6 Å². The second-order valence-corrected chi connectivity index (χ2v) is 9.84. The van der Waals surface area contributed by atoms with E-state index in [0.29, 0.717) is 25.1 Å². The highest BCUT2D eigenvalue weighted by Crippen LogP contribution is 2.42. The Hall–Kier alpha value is -3.78. The van der Waals surface area contributed by atoms with Crippen molar-refractivity contribution in [3.63, 3.8) is 0 Å². The summed E-state index contributed by atoms with van der Waals surface area (Å²) in [6.07, 6.45) is 0.482. The molecule has 1 fully saturated rings. The van der Waals surface area contributed by atoms with Crippen molar-refractivity contribution in [1.82, 2.24) is 20.4 Å². The first-order chi connectivity index (χ1) is 17.1. The van der Waals surface area contributed by atoms with Gasteiger partial charge in [-0.1, -0.05) is 54.6 Å². The molecule has 8 nitrogen and oxygen atoms in total. The normalized spacial score (nSPS) is 18.9. The van der Waals surface area contributed by atoms with Crippen LogP contribution in [0.5, 0.6) is 0 Å². The van der Waals surface area contributed by atoms with Crippen molar-refractivity contribution in [2.24, 2.45) is 0 Å². The molecule has 1 aromatic heterocycles. The van der Waals surface area contributed by atoms with Crippen LogP contribution in [0.25, 0.3) is 11.3 Å². The van der Waals surface area contributed by atoms with Crippen molar-refractivity contribution < 1.29 is 19.4 Å². The average Bonchev–Trinajstić information content (AvgIpc) is 2.88. The molecule has 4 rings (SSSR count). The van der Waals surface area contributed by atoms with Crippen molar-refractivity contribution in [2.45, 2.75) is 50.9 Å². The van der Waals surface area contributed by atoms with Gasteiger partial charge in [0.2, 0.25) is 0 Å². The summed E-state index contributed by atoms with van der Waals surface area (Å²) in [6.45, 7) is 5.94. The zero-order valence-electron chi connectivity index (χ0n) is 21.1. The van der Waals surface area contributed by atoms with Gasteiger partial charge in [0, 0.05) is 32.0 Å². The molecule has 2 heterocycles. The standard InChI is InChI=1S/C28H32N4O4/c1-19(20-10-12-21(13-11-20)23-14-15-24(31-30-23)25(33)29-4)32-17-16-28(36-26(32)34,18-27(2,3)35)22-8-6-5-7-9-22/h5-15,19,35H,16-18H2,1-4H3,(H,29,33)/t19-,28-/m0/s1. The molecule has 1 aliphatic heterocycles. The maximum Gasteiger partial charge on any atom is 0.411 e. The molecule has 0 unspecified atom stereocenters. The number of carbonyl (C=O) groups excluding carboxylic acids is 2. The molecule has 1 saturated heterocycles. The van der Waals surface area contributed by atoms with Gasteiger partial charge in [0.15, 0.2) is 5.69 Å². The topological polar surface area (TPSA) is 105 Å². The third-order valence-corrected chi connectivity index (χ3v) is 6.57. The van der Waals surface area contributed by atoms with Crippen molar-refractivity contribution in [1.29, 1.82) is 0 Å². The van der Waals surface area contributed by atoms with Gasteiger partial charge in [-0.25, -0.2) is 4.79 Å². The largest absolute Gasteiger partial charge is 0.438 e. The van der Waals surface area contributed by atoms with Crippen LogP contribution in [0.2, 0.25) is 0 Å². The Morgan fingerprint density at radius 3 is 2.36 bits per heavy atom. The number of benzene rings is 2. The van der Waals surface area contributed by atoms with E-state index in [1.165, 1.54) is 0 Å². The molecule has 3 aromatic rings. The number of aromatic nitrogens is 2. The number of nitrogens with one attached hydrogen (secondary N) is 1. The first-order valence-electron chi connectivity index (χ1n) is 12.1. The summed E-state index contributed by atoms with van der Waals surface area (Å²) >= 11 is 0. The summed E-state index contributed by atoms with van der Waals surface area (Å²) in [5.74, 6) is -0.287. The van der Waals surface area contributed by atoms with E-state index in [0.717, 1.165) is 16.7 Å². The zero-order valence-corrected chi connectivity index (χ0v) is 21.1. The van der Waals surface area contributed by atoms with Gasteiger partial charge in [0.1, 0.15) is 5.60 Å². The molecule has 0 aliphatic carbocycles. The number of aliphatic hydroxyl groups is 1. The number of rotatable bonds is 7. The average molecular weight is 489 g/mol. The summed E-state index contributed by atoms with van der Waals surface area (Å²) in [4.78, 5) is 26.7. The molecule has 2 amide bonds. The van der Waals surface area contributed by atoms with E-state index >= 15 is 0 Å². The van der Waals surface area contributed by atoms with E-state index in [1.54, 1.807) is 37.9 Å². The molecule has 2 atom stereocenters. The SMILES string of the molecule is CNC(=O)c1ccc(-c2ccc([C@H](C)N3CC[C@](CC(C)(C)O)(c4ccccc4)OC3=O)cc2)nn1. The van der Waals surface area contributed by atoms with Crippen LogP contribution in [0.1, 0.15) is 61.3 Å². The highest BCUT2D eigenvalue weighted by Gasteiger charge is 2.46. The lowest BCUT2D eigenvalue weighted by atomic mass is 9.80. The smallest absolute Gasteiger partial charge is 0.411 e. The minimum absolute atomic E-state index is 0.204. The number of carbonyl (C=O) groups is 2. The van der Waals surface area contributed by atoms with Gasteiger partial charge in [-0.3, -0.25) is 4.79 Å². The lowest BCUT2D eigenvalue weighted by Crippen LogP contribution is -2.51. The molecule has 2 aromatic carbocycles. The van der Waals surface area contributed by atoms with Crippen LogP contribution in [0.4, 0.5) is 4.79 Å². The molecule has 0 radical (unpaired) electrons. The van der Waals surface area contributed by atoms with Crippen LogP contribution >= 0.6 is 0 Å². The second-order valence-electron chi connectivity index (χ2n) is 9.84. The van der Waals surface area contributed by atoms with Crippen LogP contribution in [0.3, 0.4) is 0 Å². The third-order valence-electron chi connectivity index (χ3n) is 6.57. The first kappa shape index (κ1) is 25.3. The van der Waals surface area contributed by atoms with Crippen LogP contribution in [-0.2, 0) is 10.3 Å². The lowest BCUT2D eigenvalue weighted by Gasteiger charge is -2.45. The van der Waals surface area contributed by atoms with Gasteiger partial charge in [-0.15, -0.1) is 10.2 Å². The summed E-state index contributed by atoms with van der Waals surface area (Å²) in [5.41, 5.74) is 1.74. The Labute approximate surface area is 211 Å². The Bertz CT molecular complexity index is 1210. The second kappa shape index (κ2) is 10.1. The number of cyclic esters (lactones) is 1. The molecule has 0 bridgehead atoms.